The van der Waals surface area contributed by atoms with Crippen molar-refractivity contribution in [2.24, 2.45) is 11.3 Å². The van der Waals surface area contributed by atoms with Crippen molar-refractivity contribution in [1.29, 1.82) is 0 Å². The highest BCUT2D eigenvalue weighted by molar-refractivity contribution is 5.04. The van der Waals surface area contributed by atoms with Crippen LogP contribution in [0.15, 0.2) is 0 Å². The molecule has 2 saturated carbocycles. The van der Waals surface area contributed by atoms with Crippen LogP contribution in [0.25, 0.3) is 0 Å². The van der Waals surface area contributed by atoms with E-state index in [4.69, 9.17) is 0 Å². The summed E-state index contributed by atoms with van der Waals surface area (Å²) in [4.78, 5) is 0. The molecule has 0 N–H and O–H groups in total. The molecule has 0 nitrogen and oxygen atoms in total. The zero-order chi connectivity index (χ0) is 7.41. The zero-order valence-electron chi connectivity index (χ0n) is 6.78. The highest BCUT2D eigenvalue weighted by Crippen LogP contribution is 2.59. The molecule has 0 heterocycles. The molecule has 0 amide bonds. The minimum Gasteiger partial charge on any atom is -0.244 e. The number of hydrogen-bond acceptors (Lipinski definition) is 0. The summed E-state index contributed by atoms with van der Waals surface area (Å²) in [6.45, 7) is 4.01. The van der Waals surface area contributed by atoms with E-state index >= 15 is 0 Å². The van der Waals surface area contributed by atoms with Crippen LogP contribution in [-0.2, 0) is 0 Å². The Morgan fingerprint density at radius 3 is 2.30 bits per heavy atom. The fourth-order valence-electron chi connectivity index (χ4n) is 2.97. The number of fused-ring (bicyclic) bond motifs is 2. The molecule has 2 aliphatic rings. The molecule has 0 aromatic carbocycles. The second kappa shape index (κ2) is 1.57. The quantitative estimate of drug-likeness (QED) is 0.488. The van der Waals surface area contributed by atoms with Gasteiger partial charge in [0.05, 0.1) is 0 Å². The standard InChI is InChI=1S/C9H15F/c1-8-4-3-7(5-8)9(2,10)6-8/h7H,3-6H2,1-2H3. The molecule has 2 rings (SSSR count). The first kappa shape index (κ1) is 6.63. The topological polar surface area (TPSA) is 0 Å². The van der Waals surface area contributed by atoms with Crippen molar-refractivity contribution in [3.05, 3.63) is 0 Å². The van der Waals surface area contributed by atoms with E-state index in [0.29, 0.717) is 11.3 Å². The van der Waals surface area contributed by atoms with E-state index in [0.717, 1.165) is 19.3 Å². The average Bonchev–Trinajstić information content (AvgIpc) is 2.16. The van der Waals surface area contributed by atoms with Crippen molar-refractivity contribution in [2.75, 3.05) is 0 Å². The van der Waals surface area contributed by atoms with Crippen LogP contribution < -0.4 is 0 Å². The van der Waals surface area contributed by atoms with Crippen molar-refractivity contribution in [3.8, 4) is 0 Å². The van der Waals surface area contributed by atoms with Gasteiger partial charge in [-0.25, -0.2) is 4.39 Å². The van der Waals surface area contributed by atoms with Gasteiger partial charge in [0.15, 0.2) is 0 Å². The van der Waals surface area contributed by atoms with Crippen LogP contribution in [0.5, 0.6) is 0 Å². The summed E-state index contributed by atoms with van der Waals surface area (Å²) in [5.74, 6) is 0.387. The van der Waals surface area contributed by atoms with Crippen LogP contribution in [0.4, 0.5) is 4.39 Å². The first-order chi connectivity index (χ1) is 4.52. The van der Waals surface area contributed by atoms with Crippen LogP contribution in [0.3, 0.4) is 0 Å². The van der Waals surface area contributed by atoms with Crippen molar-refractivity contribution in [3.63, 3.8) is 0 Å². The summed E-state index contributed by atoms with van der Waals surface area (Å²) >= 11 is 0. The molecule has 3 unspecified atom stereocenters. The van der Waals surface area contributed by atoms with Crippen molar-refractivity contribution < 1.29 is 4.39 Å². The maximum Gasteiger partial charge on any atom is 0.111 e. The molecule has 2 bridgehead atoms. The van der Waals surface area contributed by atoms with Gasteiger partial charge in [0.2, 0.25) is 0 Å². The molecule has 10 heavy (non-hydrogen) atoms. The number of hydrogen-bond donors (Lipinski definition) is 0. The van der Waals surface area contributed by atoms with Crippen molar-refractivity contribution in [2.45, 2.75) is 45.2 Å². The fourth-order valence-corrected chi connectivity index (χ4v) is 2.97. The average molecular weight is 142 g/mol. The Balaban J connectivity index is 2.25. The molecule has 0 aliphatic heterocycles. The van der Waals surface area contributed by atoms with E-state index in [9.17, 15) is 4.39 Å². The molecule has 2 fully saturated rings. The maximum absolute atomic E-state index is 13.6. The van der Waals surface area contributed by atoms with Gasteiger partial charge < -0.3 is 0 Å². The lowest BCUT2D eigenvalue weighted by molar-refractivity contribution is 0.0921. The van der Waals surface area contributed by atoms with Gasteiger partial charge in [-0.2, -0.15) is 0 Å². The molecule has 2 aliphatic carbocycles. The van der Waals surface area contributed by atoms with Gasteiger partial charge in [-0.15, -0.1) is 0 Å². The first-order valence-electron chi connectivity index (χ1n) is 4.21. The van der Waals surface area contributed by atoms with E-state index in [-0.39, 0.29) is 0 Å². The molecular weight excluding hydrogens is 127 g/mol. The van der Waals surface area contributed by atoms with Crippen molar-refractivity contribution >= 4 is 0 Å². The van der Waals surface area contributed by atoms with E-state index in [1.54, 1.807) is 6.92 Å². The summed E-state index contributed by atoms with van der Waals surface area (Å²) in [5, 5.41) is 0. The van der Waals surface area contributed by atoms with Gasteiger partial charge >= 0.3 is 0 Å². The van der Waals surface area contributed by atoms with Crippen LogP contribution in [-0.4, -0.2) is 5.67 Å². The number of halogens is 1. The highest BCUT2D eigenvalue weighted by atomic mass is 19.1. The monoisotopic (exact) mass is 142 g/mol. The summed E-state index contributed by atoms with van der Waals surface area (Å²) in [6, 6.07) is 0. The smallest absolute Gasteiger partial charge is 0.111 e. The Hall–Kier alpha value is -0.0700. The first-order valence-corrected chi connectivity index (χ1v) is 4.21. The van der Waals surface area contributed by atoms with Gasteiger partial charge in [-0.05, 0) is 43.9 Å². The Morgan fingerprint density at radius 2 is 2.10 bits per heavy atom. The van der Waals surface area contributed by atoms with Crippen LogP contribution >= 0.6 is 0 Å². The van der Waals surface area contributed by atoms with Crippen LogP contribution in [0.2, 0.25) is 0 Å². The molecule has 1 heteroatoms. The Bertz CT molecular complexity index is 159. The third-order valence-electron chi connectivity index (χ3n) is 3.46. The summed E-state index contributed by atoms with van der Waals surface area (Å²) in [7, 11) is 0. The molecule has 0 radical (unpaired) electrons. The maximum atomic E-state index is 13.6. The third-order valence-corrected chi connectivity index (χ3v) is 3.46. The lowest BCUT2D eigenvalue weighted by Gasteiger charge is -2.29. The number of rotatable bonds is 0. The predicted molar refractivity (Wildman–Crippen MR) is 39.6 cm³/mol. The van der Waals surface area contributed by atoms with Gasteiger partial charge in [0.25, 0.3) is 0 Å². The van der Waals surface area contributed by atoms with Gasteiger partial charge in [0, 0.05) is 0 Å². The van der Waals surface area contributed by atoms with Gasteiger partial charge in [-0.1, -0.05) is 6.92 Å². The molecule has 0 aromatic rings. The zero-order valence-corrected chi connectivity index (χ0v) is 6.78. The minimum absolute atomic E-state index is 0.369. The van der Waals surface area contributed by atoms with Gasteiger partial charge in [0.1, 0.15) is 5.67 Å². The predicted octanol–water partition coefficient (Wildman–Crippen LogP) is 2.92. The summed E-state index contributed by atoms with van der Waals surface area (Å²) < 4.78 is 13.6. The van der Waals surface area contributed by atoms with Crippen molar-refractivity contribution in [1.82, 2.24) is 0 Å². The SMILES string of the molecule is CC12CCC(C1)C(C)(F)C2. The van der Waals surface area contributed by atoms with Crippen LogP contribution in [0.1, 0.15) is 39.5 Å². The second-order valence-corrected chi connectivity index (χ2v) is 4.71. The second-order valence-electron chi connectivity index (χ2n) is 4.71. The summed E-state index contributed by atoms with van der Waals surface area (Å²) in [6.07, 6.45) is 4.34. The van der Waals surface area contributed by atoms with Gasteiger partial charge in [-0.3, -0.25) is 0 Å². The highest BCUT2D eigenvalue weighted by Gasteiger charge is 2.54. The molecule has 58 valence electrons. The molecular formula is C9H15F. The lowest BCUT2D eigenvalue weighted by Crippen LogP contribution is -2.27. The van der Waals surface area contributed by atoms with E-state index in [2.05, 4.69) is 6.92 Å². The van der Waals surface area contributed by atoms with E-state index in [1.807, 2.05) is 0 Å². The third kappa shape index (κ3) is 0.724. The Kier molecular flexibility index (Phi) is 1.04. The molecule has 0 spiro atoms. The van der Waals surface area contributed by atoms with Crippen LogP contribution in [0, 0.1) is 11.3 Å². The Morgan fingerprint density at radius 1 is 1.40 bits per heavy atom. The summed E-state index contributed by atoms with van der Waals surface area (Å²) in [5.41, 5.74) is -0.457. The number of alkyl halides is 1. The molecule has 3 atom stereocenters. The molecule has 0 aromatic heterocycles. The Labute approximate surface area is 61.8 Å². The lowest BCUT2D eigenvalue weighted by atomic mass is 9.81. The minimum atomic E-state index is -0.826. The van der Waals surface area contributed by atoms with E-state index < -0.39 is 5.67 Å². The van der Waals surface area contributed by atoms with E-state index in [1.165, 1.54) is 6.42 Å². The largest absolute Gasteiger partial charge is 0.244 e. The molecule has 0 saturated heterocycles. The fraction of sp³-hybridized carbons (Fsp3) is 1.00. The normalized spacial score (nSPS) is 59.7.